The molecule has 0 amide bonds. The van der Waals surface area contributed by atoms with Crippen LogP contribution in [0.3, 0.4) is 0 Å². The van der Waals surface area contributed by atoms with Crippen molar-refractivity contribution in [3.8, 4) is 0 Å². The average molecular weight is 497 g/mol. The zero-order valence-corrected chi connectivity index (χ0v) is 13.9. The van der Waals surface area contributed by atoms with Gasteiger partial charge in [-0.2, -0.15) is 5.21 Å². The van der Waals surface area contributed by atoms with Gasteiger partial charge in [0.1, 0.15) is 0 Å². The fraction of sp³-hybridized carbons (Fsp3) is 0. The Bertz CT molecular complexity index is 425. The molecule has 2 aromatic rings. The quantitative estimate of drug-likeness (QED) is 0.275. The first-order chi connectivity index (χ1) is 7.61. The number of hydrogen-bond acceptors (Lipinski definition) is 10. The van der Waals surface area contributed by atoms with Crippen LogP contribution in [-0.2, 0) is 45.1 Å². The van der Waals surface area contributed by atoms with E-state index in [0.717, 1.165) is 0 Å². The molecule has 2 heterocycles. The van der Waals surface area contributed by atoms with Crippen molar-refractivity contribution in [2.75, 3.05) is 0 Å². The molecule has 0 aliphatic heterocycles. The molecule has 0 atom stereocenters. The summed E-state index contributed by atoms with van der Waals surface area (Å²) in [4.78, 5) is 19.5. The molecule has 0 aliphatic rings. The summed E-state index contributed by atoms with van der Waals surface area (Å²) >= 11 is 0. The zero-order valence-electron chi connectivity index (χ0n) is 12.0. The maximum absolute atomic E-state index is 9.75. The molecule has 0 aliphatic carbocycles. The Morgan fingerprint density at radius 1 is 0.769 bits per heavy atom. The SMILES string of the molecule is O.O.O.O.O.O.O=C([O-])c1nn[n-]n1.O=C([O-])c1nnn[n-]1.[Cu+2].[Cu+2].[OH3+].[OH3+]. The second kappa shape index (κ2) is 34.2. The van der Waals surface area contributed by atoms with Gasteiger partial charge in [-0.1, -0.05) is 0 Å². The maximum Gasteiger partial charge on any atom is 2.00 e. The van der Waals surface area contributed by atoms with Gasteiger partial charge in [-0.3, -0.25) is 20.7 Å². The molecule has 0 saturated carbocycles. The first-order valence-electron chi connectivity index (χ1n) is 3.41. The van der Waals surface area contributed by atoms with Crippen molar-refractivity contribution in [1.82, 2.24) is 41.2 Å². The maximum atomic E-state index is 9.75. The van der Waals surface area contributed by atoms with E-state index in [1.54, 1.807) is 0 Å². The molecule has 20 nitrogen and oxygen atoms in total. The average Bonchev–Trinajstić information content (AvgIpc) is 2.93. The molecule has 0 spiro atoms. The van der Waals surface area contributed by atoms with Crippen LogP contribution in [-0.4, -0.2) is 75.7 Å². The molecule has 0 fully saturated rings. The second-order valence-electron chi connectivity index (χ2n) is 1.98. The number of hydrogen-bond donors (Lipinski definition) is 0. The predicted molar refractivity (Wildman–Crippen MR) is 66.4 cm³/mol. The molecule has 0 aromatic carbocycles. The first-order valence-corrected chi connectivity index (χ1v) is 3.41. The van der Waals surface area contributed by atoms with Crippen LogP contribution >= 0.6 is 0 Å². The summed E-state index contributed by atoms with van der Waals surface area (Å²) in [5, 5.41) is 43.1. The number of carbonyl (C=O) groups excluding carboxylic acids is 2. The number of rotatable bonds is 2. The summed E-state index contributed by atoms with van der Waals surface area (Å²) < 4.78 is 0. The van der Waals surface area contributed by atoms with Crippen LogP contribution in [0.5, 0.6) is 0 Å². The number of carboxylic acids is 2. The van der Waals surface area contributed by atoms with Crippen molar-refractivity contribution in [1.29, 1.82) is 0 Å². The summed E-state index contributed by atoms with van der Waals surface area (Å²) in [6.45, 7) is 0. The first kappa shape index (κ1) is 65.0. The van der Waals surface area contributed by atoms with Crippen LogP contribution in [0.15, 0.2) is 0 Å². The fourth-order valence-electron chi connectivity index (χ4n) is 0.453. The van der Waals surface area contributed by atoms with E-state index in [1.165, 1.54) is 0 Å². The number of nitrogens with zero attached hydrogens (tertiary/aromatic N) is 8. The van der Waals surface area contributed by atoms with Gasteiger partial charge in [0.05, 0.1) is 23.6 Å². The summed E-state index contributed by atoms with van der Waals surface area (Å²) in [6, 6.07) is 0. The Labute approximate surface area is 163 Å². The molecule has 2 aromatic heterocycles. The summed E-state index contributed by atoms with van der Waals surface area (Å²) in [7, 11) is 0. The molecule has 26 heavy (non-hydrogen) atoms. The Morgan fingerprint density at radius 2 is 1.23 bits per heavy atom. The van der Waals surface area contributed by atoms with Gasteiger partial charge in [0, 0.05) is 0 Å². The summed E-state index contributed by atoms with van der Waals surface area (Å²) in [5.41, 5.74) is 0. The smallest absolute Gasteiger partial charge is 0.544 e. The number of carboxylic acid groups (broad SMARTS) is 2. The van der Waals surface area contributed by atoms with E-state index in [4.69, 9.17) is 0 Å². The topological polar surface area (TPSA) is 441 Å². The van der Waals surface area contributed by atoms with Gasteiger partial charge in [0.25, 0.3) is 0 Å². The van der Waals surface area contributed by atoms with Gasteiger partial charge >= 0.3 is 34.1 Å². The Morgan fingerprint density at radius 3 is 1.38 bits per heavy atom. The third-order valence-electron chi connectivity index (χ3n) is 1.00. The van der Waals surface area contributed by atoms with E-state index in [0.29, 0.717) is 0 Å². The largest absolute Gasteiger partial charge is 2.00 e. The monoisotopic (exact) mass is 496 g/mol. The molecule has 166 valence electrons. The molecule has 0 unspecified atom stereocenters. The predicted octanol–water partition coefficient (Wildman–Crippen LogP) is -12.4. The second-order valence-corrected chi connectivity index (χ2v) is 1.98. The molecule has 2 rings (SSSR count). The Balaban J connectivity index is -0.0000000178. The number of aromatic nitrogens is 8. The van der Waals surface area contributed by atoms with Crippen LogP contribution in [0, 0.1) is 0 Å². The van der Waals surface area contributed by atoms with Gasteiger partial charge < -0.3 is 73.8 Å². The Hall–Kier alpha value is -2.20. The van der Waals surface area contributed by atoms with Crippen molar-refractivity contribution in [2.45, 2.75) is 0 Å². The van der Waals surface area contributed by atoms with Crippen LogP contribution in [0.25, 0.3) is 0 Å². The van der Waals surface area contributed by atoms with Gasteiger partial charge in [-0.05, 0) is 0 Å². The van der Waals surface area contributed by atoms with Gasteiger partial charge in [0.15, 0.2) is 0 Å². The molecule has 0 saturated heterocycles. The van der Waals surface area contributed by atoms with Crippen molar-refractivity contribution in [2.24, 2.45) is 0 Å². The van der Waals surface area contributed by atoms with E-state index < -0.39 is 23.6 Å². The van der Waals surface area contributed by atoms with Crippen LogP contribution < -0.4 is 20.5 Å². The molecule has 2 radical (unpaired) electrons. The third-order valence-corrected chi connectivity index (χ3v) is 1.00. The molecular weight excluding hydrogens is 479 g/mol. The van der Waals surface area contributed by atoms with Crippen LogP contribution in [0.4, 0.5) is 0 Å². The van der Waals surface area contributed by atoms with E-state index in [9.17, 15) is 19.8 Å². The van der Waals surface area contributed by atoms with Crippen molar-refractivity contribution in [3.63, 3.8) is 0 Å². The molecular formula is C4H18Cu2N8O12+2. The van der Waals surface area contributed by atoms with Crippen molar-refractivity contribution < 1.29 is 97.7 Å². The van der Waals surface area contributed by atoms with Gasteiger partial charge in [-0.15, -0.1) is 0 Å². The van der Waals surface area contributed by atoms with Crippen LogP contribution in [0.2, 0.25) is 0 Å². The third kappa shape index (κ3) is 24.1. The van der Waals surface area contributed by atoms with E-state index in [1.807, 2.05) is 0 Å². The normalized spacial score (nSPS) is 5.54. The standard InChI is InChI=1S/2C2H2N4O2.2Cu.8H2O/c2*7-2(8)1-3-5-6-4-1;;;;;;;;;;/h2*(H2,3,4,5,6,7,8);;;8*1H2/q;;2*+2;;;;;;;;/p-2. The number of carbonyl (C=O) groups is 2. The van der Waals surface area contributed by atoms with Crippen molar-refractivity contribution >= 4 is 11.9 Å². The minimum atomic E-state index is -1.46. The van der Waals surface area contributed by atoms with E-state index in [2.05, 4.69) is 41.2 Å². The van der Waals surface area contributed by atoms with Gasteiger partial charge in [-0.25, -0.2) is 5.10 Å². The number of tetrazole rings is 2. The molecule has 0 bridgehead atoms. The van der Waals surface area contributed by atoms with Gasteiger partial charge in [0.2, 0.25) is 0 Å². The summed E-state index contributed by atoms with van der Waals surface area (Å²) in [5.74, 6) is -3.89. The van der Waals surface area contributed by atoms with Crippen molar-refractivity contribution in [3.05, 3.63) is 11.6 Å². The zero-order chi connectivity index (χ0) is 12.0. The minimum absolute atomic E-state index is 0. The van der Waals surface area contributed by atoms with Crippen LogP contribution in [0.1, 0.15) is 21.2 Å². The van der Waals surface area contributed by atoms with E-state index >= 15 is 0 Å². The van der Waals surface area contributed by atoms with E-state index in [-0.39, 0.29) is 77.9 Å². The Kier molecular flexibility index (Phi) is 85.5. The molecule has 22 heteroatoms. The minimum Gasteiger partial charge on any atom is -0.544 e. The summed E-state index contributed by atoms with van der Waals surface area (Å²) in [6.07, 6.45) is 0. The molecule has 18 N–H and O–H groups in total. The number of aromatic carboxylic acids is 2. The fourth-order valence-corrected chi connectivity index (χ4v) is 0.453.